The molecule has 0 aromatic heterocycles. The first kappa shape index (κ1) is 11.7. The van der Waals surface area contributed by atoms with Gasteiger partial charge in [-0.3, -0.25) is 4.79 Å². The van der Waals surface area contributed by atoms with E-state index in [0.29, 0.717) is 15.7 Å². The molecule has 3 N–H and O–H groups in total. The molecule has 0 saturated heterocycles. The van der Waals surface area contributed by atoms with Gasteiger partial charge in [0.05, 0.1) is 11.1 Å². The number of ketones is 1. The van der Waals surface area contributed by atoms with Crippen LogP contribution in [0.15, 0.2) is 46.9 Å². The van der Waals surface area contributed by atoms with Crippen molar-refractivity contribution in [1.29, 1.82) is 0 Å². The Morgan fingerprint density at radius 2 is 1.82 bits per heavy atom. The quantitative estimate of drug-likeness (QED) is 0.660. The minimum absolute atomic E-state index is 0.0485. The number of nitrogen functional groups attached to an aromatic ring is 1. The first-order valence-corrected chi connectivity index (χ1v) is 5.77. The molecule has 0 fully saturated rings. The zero-order valence-corrected chi connectivity index (χ0v) is 10.4. The zero-order valence-electron chi connectivity index (χ0n) is 8.85. The maximum absolute atomic E-state index is 12.2. The number of anilines is 1. The molecule has 3 nitrogen and oxygen atoms in total. The van der Waals surface area contributed by atoms with Crippen molar-refractivity contribution in [3.8, 4) is 5.75 Å². The van der Waals surface area contributed by atoms with Crippen molar-refractivity contribution in [1.82, 2.24) is 0 Å². The number of hydrogen-bond donors (Lipinski definition) is 2. The molecule has 0 heterocycles. The van der Waals surface area contributed by atoms with Crippen molar-refractivity contribution in [2.75, 3.05) is 5.73 Å². The van der Waals surface area contributed by atoms with Crippen LogP contribution in [0.1, 0.15) is 15.9 Å². The highest BCUT2D eigenvalue weighted by Gasteiger charge is 2.18. The number of benzene rings is 2. The third kappa shape index (κ3) is 2.17. The summed E-state index contributed by atoms with van der Waals surface area (Å²) in [6, 6.07) is 11.5. The van der Waals surface area contributed by atoms with Crippen LogP contribution in [0.25, 0.3) is 0 Å². The minimum atomic E-state index is -0.298. The van der Waals surface area contributed by atoms with Gasteiger partial charge in [0.1, 0.15) is 5.75 Å². The SMILES string of the molecule is Nc1cccc(Br)c1C(=O)c1ccccc1O. The molecule has 0 amide bonds. The fraction of sp³-hybridized carbons (Fsp3) is 0. The van der Waals surface area contributed by atoms with Gasteiger partial charge in [-0.15, -0.1) is 0 Å². The molecule has 17 heavy (non-hydrogen) atoms. The fourth-order valence-corrected chi connectivity index (χ4v) is 2.14. The number of nitrogens with two attached hydrogens (primary N) is 1. The van der Waals surface area contributed by atoms with Gasteiger partial charge >= 0.3 is 0 Å². The Labute approximate surface area is 107 Å². The molecule has 86 valence electrons. The lowest BCUT2D eigenvalue weighted by Crippen LogP contribution is -2.06. The molecule has 2 rings (SSSR count). The normalized spacial score (nSPS) is 10.2. The Kier molecular flexibility index (Phi) is 3.15. The summed E-state index contributed by atoms with van der Waals surface area (Å²) in [6.45, 7) is 0. The van der Waals surface area contributed by atoms with Crippen LogP contribution in [0, 0.1) is 0 Å². The molecule has 0 spiro atoms. The van der Waals surface area contributed by atoms with Gasteiger partial charge in [-0.2, -0.15) is 0 Å². The van der Waals surface area contributed by atoms with Crippen molar-refractivity contribution in [3.63, 3.8) is 0 Å². The van der Waals surface area contributed by atoms with Gasteiger partial charge in [0.25, 0.3) is 0 Å². The molecule has 0 aliphatic carbocycles. The van der Waals surface area contributed by atoms with E-state index in [1.807, 2.05) is 0 Å². The predicted molar refractivity (Wildman–Crippen MR) is 70.1 cm³/mol. The summed E-state index contributed by atoms with van der Waals surface area (Å²) in [6.07, 6.45) is 0. The van der Waals surface area contributed by atoms with Gasteiger partial charge in [-0.05, 0) is 40.2 Å². The molecule has 0 radical (unpaired) electrons. The number of aromatic hydroxyl groups is 1. The van der Waals surface area contributed by atoms with E-state index in [9.17, 15) is 9.90 Å². The van der Waals surface area contributed by atoms with E-state index < -0.39 is 0 Å². The maximum Gasteiger partial charge on any atom is 0.199 e. The van der Waals surface area contributed by atoms with E-state index in [1.54, 1.807) is 36.4 Å². The summed E-state index contributed by atoms with van der Waals surface area (Å²) in [5, 5.41) is 9.65. The lowest BCUT2D eigenvalue weighted by atomic mass is 10.0. The standard InChI is InChI=1S/C13H10BrNO2/c14-9-5-3-6-10(15)12(9)13(17)8-4-1-2-7-11(8)16/h1-7,16H,15H2. The second-order valence-corrected chi connectivity index (χ2v) is 4.40. The fourth-order valence-electron chi connectivity index (χ4n) is 1.58. The Bertz CT molecular complexity index is 561. The third-order valence-corrected chi connectivity index (χ3v) is 3.08. The largest absolute Gasteiger partial charge is 0.507 e. The van der Waals surface area contributed by atoms with Crippen molar-refractivity contribution in [3.05, 3.63) is 58.1 Å². The number of carbonyl (C=O) groups is 1. The topological polar surface area (TPSA) is 63.3 Å². The highest BCUT2D eigenvalue weighted by Crippen LogP contribution is 2.28. The van der Waals surface area contributed by atoms with Gasteiger partial charge < -0.3 is 10.8 Å². The summed E-state index contributed by atoms with van der Waals surface area (Å²) < 4.78 is 0.616. The van der Waals surface area contributed by atoms with Gasteiger partial charge in [-0.25, -0.2) is 0 Å². The average molecular weight is 292 g/mol. The van der Waals surface area contributed by atoms with Crippen molar-refractivity contribution in [2.24, 2.45) is 0 Å². The van der Waals surface area contributed by atoms with Crippen LogP contribution >= 0.6 is 15.9 Å². The number of hydrogen-bond acceptors (Lipinski definition) is 3. The van der Waals surface area contributed by atoms with Gasteiger partial charge in [-0.1, -0.05) is 18.2 Å². The van der Waals surface area contributed by atoms with Gasteiger partial charge in [0.2, 0.25) is 0 Å². The molecule has 0 aliphatic rings. The summed E-state index contributed by atoms with van der Waals surface area (Å²) in [5.74, 6) is -0.347. The van der Waals surface area contributed by atoms with Crippen LogP contribution in [0.2, 0.25) is 0 Å². The zero-order chi connectivity index (χ0) is 12.4. The average Bonchev–Trinajstić information content (AvgIpc) is 2.29. The van der Waals surface area contributed by atoms with E-state index >= 15 is 0 Å². The predicted octanol–water partition coefficient (Wildman–Crippen LogP) is 2.97. The highest BCUT2D eigenvalue weighted by atomic mass is 79.9. The van der Waals surface area contributed by atoms with E-state index in [2.05, 4.69) is 15.9 Å². The van der Waals surface area contributed by atoms with Crippen LogP contribution < -0.4 is 5.73 Å². The molecular weight excluding hydrogens is 282 g/mol. The van der Waals surface area contributed by atoms with Gasteiger partial charge in [0.15, 0.2) is 5.78 Å². The van der Waals surface area contributed by atoms with Gasteiger partial charge in [0, 0.05) is 10.2 Å². The first-order chi connectivity index (χ1) is 8.11. The number of phenolic OH excluding ortho intramolecular Hbond substituents is 1. The second kappa shape index (κ2) is 4.59. The van der Waals surface area contributed by atoms with Crippen molar-refractivity contribution < 1.29 is 9.90 Å². The number of carbonyl (C=O) groups excluding carboxylic acids is 1. The van der Waals surface area contributed by atoms with E-state index in [-0.39, 0.29) is 17.1 Å². The first-order valence-electron chi connectivity index (χ1n) is 4.98. The van der Waals surface area contributed by atoms with Crippen LogP contribution in [-0.4, -0.2) is 10.9 Å². The van der Waals surface area contributed by atoms with Crippen LogP contribution in [0.5, 0.6) is 5.75 Å². The van der Waals surface area contributed by atoms with Crippen LogP contribution in [0.3, 0.4) is 0 Å². The van der Waals surface area contributed by atoms with Crippen molar-refractivity contribution in [2.45, 2.75) is 0 Å². The van der Waals surface area contributed by atoms with Crippen LogP contribution in [-0.2, 0) is 0 Å². The summed E-state index contributed by atoms with van der Waals surface area (Å²) in [7, 11) is 0. The van der Waals surface area contributed by atoms with E-state index in [1.165, 1.54) is 6.07 Å². The van der Waals surface area contributed by atoms with Crippen LogP contribution in [0.4, 0.5) is 5.69 Å². The Balaban J connectivity index is 2.56. The second-order valence-electron chi connectivity index (χ2n) is 3.55. The number of halogens is 1. The molecule has 0 saturated carbocycles. The molecule has 0 bridgehead atoms. The van der Waals surface area contributed by atoms with E-state index in [4.69, 9.17) is 5.73 Å². The number of para-hydroxylation sites is 1. The monoisotopic (exact) mass is 291 g/mol. The Morgan fingerprint density at radius 1 is 1.12 bits per heavy atom. The smallest absolute Gasteiger partial charge is 0.199 e. The molecule has 0 unspecified atom stereocenters. The number of rotatable bonds is 2. The molecule has 0 atom stereocenters. The Morgan fingerprint density at radius 3 is 2.47 bits per heavy atom. The Hall–Kier alpha value is -1.81. The summed E-state index contributed by atoms with van der Waals surface area (Å²) in [5.41, 5.74) is 6.77. The molecular formula is C13H10BrNO2. The minimum Gasteiger partial charge on any atom is -0.507 e. The molecule has 4 heteroatoms. The molecule has 0 aliphatic heterocycles. The summed E-state index contributed by atoms with van der Waals surface area (Å²) >= 11 is 3.29. The number of phenols is 1. The summed E-state index contributed by atoms with van der Waals surface area (Å²) in [4.78, 5) is 12.2. The highest BCUT2D eigenvalue weighted by molar-refractivity contribution is 9.10. The lowest BCUT2D eigenvalue weighted by Gasteiger charge is -2.08. The van der Waals surface area contributed by atoms with Crippen molar-refractivity contribution >= 4 is 27.4 Å². The lowest BCUT2D eigenvalue weighted by molar-refractivity contribution is 0.103. The maximum atomic E-state index is 12.2. The molecule has 2 aromatic rings. The third-order valence-electron chi connectivity index (χ3n) is 2.42. The molecule has 2 aromatic carbocycles. The van der Waals surface area contributed by atoms with E-state index in [0.717, 1.165) is 0 Å².